The normalized spacial score (nSPS) is 13.3. The van der Waals surface area contributed by atoms with Gasteiger partial charge in [-0.15, -0.1) is 0 Å². The van der Waals surface area contributed by atoms with Crippen molar-refractivity contribution in [2.24, 2.45) is 0 Å². The van der Waals surface area contributed by atoms with Crippen LogP contribution < -0.4 is 0 Å². The Bertz CT molecular complexity index is 3280. The monoisotopic (exact) mass is 665 g/mol. The van der Waals surface area contributed by atoms with Crippen molar-refractivity contribution in [1.82, 2.24) is 0 Å². The molecule has 10 rings (SSSR count). The quantitative estimate of drug-likeness (QED) is 0.161. The van der Waals surface area contributed by atoms with Gasteiger partial charge in [0, 0.05) is 0 Å². The molecule has 0 saturated carbocycles. The lowest BCUT2D eigenvalue weighted by molar-refractivity contribution is 1.58. The number of fused-ring (bicyclic) bond motifs is 4. The zero-order valence-corrected chi connectivity index (χ0v) is 28.1. The Morgan fingerprint density at radius 3 is 1.33 bits per heavy atom. The van der Waals surface area contributed by atoms with Gasteiger partial charge in [-0.2, -0.15) is 0 Å². The Hall–Kier alpha value is -6.76. The minimum absolute atomic E-state index is 0.0116. The zero-order valence-electron chi connectivity index (χ0n) is 35.1. The zero-order chi connectivity index (χ0) is 40.5. The molecule has 0 atom stereocenters. The molecule has 0 aliphatic rings. The first-order chi connectivity index (χ1) is 28.7. The topological polar surface area (TPSA) is 0 Å². The number of benzene rings is 10. The summed E-state index contributed by atoms with van der Waals surface area (Å²) in [6, 6.07) is 52.0. The standard InChI is InChI=1S/C52H34/c1-3-13-35(14-4-1)44-31-45(36-15-5-2-6-16-36)33-46(32-44)52-48-22-12-11-21-47(48)51(43-26-24-38-18-8-10-20-40(38)30-43)50-34-42(27-28-49(50)52)41-25-23-37-17-7-9-19-39(37)29-41/h1-34H/i11D,12D,21D,22D,27D,28D,34D. The van der Waals surface area contributed by atoms with Crippen molar-refractivity contribution in [3.05, 3.63) is 206 Å². The molecule has 0 amide bonds. The molecule has 10 aromatic carbocycles. The predicted octanol–water partition coefficient (Wildman–Crippen LogP) is 14.6. The summed E-state index contributed by atoms with van der Waals surface area (Å²) >= 11 is 0. The molecule has 10 aromatic rings. The van der Waals surface area contributed by atoms with Crippen molar-refractivity contribution >= 4 is 43.1 Å². The molecule has 0 aliphatic carbocycles. The predicted molar refractivity (Wildman–Crippen MR) is 224 cm³/mol. The van der Waals surface area contributed by atoms with Crippen molar-refractivity contribution in [3.63, 3.8) is 0 Å². The third kappa shape index (κ3) is 5.25. The van der Waals surface area contributed by atoms with Crippen LogP contribution in [-0.4, -0.2) is 0 Å². The Balaban J connectivity index is 1.45. The van der Waals surface area contributed by atoms with Crippen molar-refractivity contribution in [2.75, 3.05) is 0 Å². The molecule has 52 heavy (non-hydrogen) atoms. The highest BCUT2D eigenvalue weighted by molar-refractivity contribution is 6.22. The SMILES string of the molecule is [2H]c1c([2H])c([2H])c2c(-c3ccc4ccccc4c3)c3c([2H])c(-c4ccc5ccccc5c4)c([2H])c([2H])c3c(-c3cc(-c4ccccc4)cc(-c4ccccc4)c3)c2c1[2H]. The van der Waals surface area contributed by atoms with Crippen LogP contribution in [0.15, 0.2) is 206 Å². The highest BCUT2D eigenvalue weighted by Crippen LogP contribution is 2.46. The largest absolute Gasteiger partial charge is 0.0636 e. The summed E-state index contributed by atoms with van der Waals surface area (Å²) in [4.78, 5) is 0. The number of hydrogen-bond acceptors (Lipinski definition) is 0. The second-order valence-electron chi connectivity index (χ2n) is 13.2. The van der Waals surface area contributed by atoms with Crippen LogP contribution >= 0.6 is 0 Å². The molecular formula is C52H34. The lowest BCUT2D eigenvalue weighted by Crippen LogP contribution is -1.93. The van der Waals surface area contributed by atoms with E-state index in [1.165, 1.54) is 0 Å². The summed E-state index contributed by atoms with van der Waals surface area (Å²) in [5, 5.41) is 4.99. The van der Waals surface area contributed by atoms with Gasteiger partial charge >= 0.3 is 0 Å². The molecule has 0 saturated heterocycles. The summed E-state index contributed by atoms with van der Waals surface area (Å²) in [5.74, 6) is 0. The van der Waals surface area contributed by atoms with E-state index in [-0.39, 0.29) is 58.0 Å². The van der Waals surface area contributed by atoms with Crippen LogP contribution in [0.1, 0.15) is 9.60 Å². The van der Waals surface area contributed by atoms with Crippen molar-refractivity contribution in [1.29, 1.82) is 0 Å². The highest BCUT2D eigenvalue weighted by atomic mass is 14.2. The average Bonchev–Trinajstić information content (AvgIpc) is 3.28. The lowest BCUT2D eigenvalue weighted by atomic mass is 9.83. The third-order valence-electron chi connectivity index (χ3n) is 10.0. The van der Waals surface area contributed by atoms with E-state index in [0.29, 0.717) is 33.2 Å². The van der Waals surface area contributed by atoms with Gasteiger partial charge in [-0.3, -0.25) is 0 Å². The van der Waals surface area contributed by atoms with Crippen molar-refractivity contribution in [2.45, 2.75) is 0 Å². The number of rotatable bonds is 5. The van der Waals surface area contributed by atoms with Crippen LogP contribution in [0.2, 0.25) is 0 Å². The van der Waals surface area contributed by atoms with Crippen molar-refractivity contribution < 1.29 is 9.60 Å². The molecule has 0 spiro atoms. The van der Waals surface area contributed by atoms with Gasteiger partial charge in [0.15, 0.2) is 0 Å². The molecule has 0 fully saturated rings. The molecule has 0 unspecified atom stereocenters. The van der Waals surface area contributed by atoms with Gasteiger partial charge in [-0.05, 0) is 135 Å². The van der Waals surface area contributed by atoms with E-state index in [2.05, 4.69) is 6.07 Å². The molecule has 242 valence electrons. The van der Waals surface area contributed by atoms with Gasteiger partial charge in [-0.1, -0.05) is 170 Å². The summed E-state index contributed by atoms with van der Waals surface area (Å²) in [5.41, 5.74) is 6.62. The Kier molecular flexibility index (Phi) is 5.69. The van der Waals surface area contributed by atoms with Crippen LogP contribution in [0, 0.1) is 0 Å². The Morgan fingerprint density at radius 2 is 0.731 bits per heavy atom. The van der Waals surface area contributed by atoms with Crippen LogP contribution in [0.4, 0.5) is 0 Å². The minimum atomic E-state index is -0.397. The van der Waals surface area contributed by atoms with Gasteiger partial charge in [0.05, 0.1) is 9.60 Å². The first kappa shape index (κ1) is 23.6. The molecule has 0 heteroatoms. The average molecular weight is 666 g/mol. The second-order valence-corrected chi connectivity index (χ2v) is 13.2. The third-order valence-corrected chi connectivity index (χ3v) is 10.0. The van der Waals surface area contributed by atoms with E-state index < -0.39 is 6.04 Å². The smallest absolute Gasteiger partial charge is 0.0622 e. The fraction of sp³-hybridized carbons (Fsp3) is 0. The second kappa shape index (κ2) is 12.5. The van der Waals surface area contributed by atoms with Gasteiger partial charge in [0.1, 0.15) is 0 Å². The molecule has 0 aromatic heterocycles. The van der Waals surface area contributed by atoms with Gasteiger partial charge in [0.25, 0.3) is 0 Å². The van der Waals surface area contributed by atoms with E-state index in [0.717, 1.165) is 43.8 Å². The Labute approximate surface area is 313 Å². The molecule has 0 nitrogen and oxygen atoms in total. The Morgan fingerprint density at radius 1 is 0.269 bits per heavy atom. The first-order valence-electron chi connectivity index (χ1n) is 20.9. The van der Waals surface area contributed by atoms with E-state index in [1.807, 2.05) is 158 Å². The van der Waals surface area contributed by atoms with E-state index >= 15 is 0 Å². The molecule has 0 N–H and O–H groups in total. The fourth-order valence-electron chi connectivity index (χ4n) is 7.50. The van der Waals surface area contributed by atoms with E-state index in [1.54, 1.807) is 0 Å². The summed E-state index contributed by atoms with van der Waals surface area (Å²) in [6.45, 7) is 0. The molecular weight excluding hydrogens is 625 g/mol. The summed E-state index contributed by atoms with van der Waals surface area (Å²) in [7, 11) is 0. The van der Waals surface area contributed by atoms with Gasteiger partial charge in [0.2, 0.25) is 0 Å². The molecule has 0 bridgehead atoms. The lowest BCUT2D eigenvalue weighted by Gasteiger charge is -2.20. The van der Waals surface area contributed by atoms with Gasteiger partial charge < -0.3 is 0 Å². The van der Waals surface area contributed by atoms with E-state index in [9.17, 15) is 6.85 Å². The van der Waals surface area contributed by atoms with Crippen LogP contribution in [0.5, 0.6) is 0 Å². The maximum absolute atomic E-state index is 10.2. The summed E-state index contributed by atoms with van der Waals surface area (Å²) < 4.78 is 67.1. The number of hydrogen-bond donors (Lipinski definition) is 0. The maximum atomic E-state index is 10.2. The van der Waals surface area contributed by atoms with Crippen molar-refractivity contribution in [3.8, 4) is 55.6 Å². The maximum Gasteiger partial charge on any atom is 0.0636 e. The first-order valence-corrected chi connectivity index (χ1v) is 17.4. The van der Waals surface area contributed by atoms with Gasteiger partial charge in [-0.25, -0.2) is 0 Å². The summed E-state index contributed by atoms with van der Waals surface area (Å²) in [6.07, 6.45) is 0. The van der Waals surface area contributed by atoms with Crippen LogP contribution in [-0.2, 0) is 0 Å². The highest BCUT2D eigenvalue weighted by Gasteiger charge is 2.19. The van der Waals surface area contributed by atoms with Crippen LogP contribution in [0.25, 0.3) is 98.7 Å². The molecule has 0 heterocycles. The molecule has 0 aliphatic heterocycles. The van der Waals surface area contributed by atoms with Crippen LogP contribution in [0.3, 0.4) is 0 Å². The fourth-order valence-corrected chi connectivity index (χ4v) is 7.50. The molecule has 0 radical (unpaired) electrons. The minimum Gasteiger partial charge on any atom is -0.0622 e. The van der Waals surface area contributed by atoms with E-state index in [4.69, 9.17) is 2.74 Å².